The third-order valence-corrected chi connectivity index (χ3v) is 4.18. The minimum atomic E-state index is -0.388. The Bertz CT molecular complexity index is 844. The van der Waals surface area contributed by atoms with Crippen molar-refractivity contribution in [3.05, 3.63) is 59.2 Å². The molecule has 3 rings (SSSR count). The van der Waals surface area contributed by atoms with Crippen molar-refractivity contribution in [1.82, 2.24) is 10.2 Å². The molecule has 0 unspecified atom stereocenters. The third-order valence-electron chi connectivity index (χ3n) is 4.18. The van der Waals surface area contributed by atoms with Crippen molar-refractivity contribution >= 4 is 23.5 Å². The van der Waals surface area contributed by atoms with Crippen LogP contribution < -0.4 is 10.6 Å². The van der Waals surface area contributed by atoms with Gasteiger partial charge in [0.2, 0.25) is 0 Å². The molecule has 26 heavy (non-hydrogen) atoms. The second kappa shape index (κ2) is 7.26. The zero-order valence-electron chi connectivity index (χ0n) is 14.3. The van der Waals surface area contributed by atoms with Gasteiger partial charge in [0.15, 0.2) is 0 Å². The van der Waals surface area contributed by atoms with Crippen molar-refractivity contribution in [3.8, 4) is 5.75 Å². The summed E-state index contributed by atoms with van der Waals surface area (Å²) < 4.78 is 0. The van der Waals surface area contributed by atoms with Crippen LogP contribution in [0.2, 0.25) is 0 Å². The summed E-state index contributed by atoms with van der Waals surface area (Å²) in [5, 5.41) is 14.7. The number of hydrogen-bond donors (Lipinski definition) is 3. The molecule has 3 N–H and O–H groups in total. The number of imide groups is 1. The molecule has 4 amide bonds. The highest BCUT2D eigenvalue weighted by atomic mass is 16.3. The van der Waals surface area contributed by atoms with E-state index in [-0.39, 0.29) is 30.1 Å². The maximum atomic E-state index is 12.2. The van der Waals surface area contributed by atoms with Gasteiger partial charge in [0.05, 0.1) is 11.1 Å². The number of carbonyl (C=O) groups excluding carboxylic acids is 3. The lowest BCUT2D eigenvalue weighted by molar-refractivity contribution is 0.0653. The van der Waals surface area contributed by atoms with Gasteiger partial charge in [-0.25, -0.2) is 4.79 Å². The van der Waals surface area contributed by atoms with E-state index in [1.807, 2.05) is 0 Å². The van der Waals surface area contributed by atoms with Gasteiger partial charge in [-0.05, 0) is 49.2 Å². The highest BCUT2D eigenvalue weighted by Gasteiger charge is 2.34. The number of benzene rings is 2. The molecule has 0 bridgehead atoms. The number of urea groups is 1. The Kier molecular flexibility index (Phi) is 4.88. The Morgan fingerprint density at radius 1 is 1.08 bits per heavy atom. The summed E-state index contributed by atoms with van der Waals surface area (Å²) in [4.78, 5) is 37.6. The lowest BCUT2D eigenvalue weighted by Gasteiger charge is -2.14. The van der Waals surface area contributed by atoms with Crippen LogP contribution in [0.25, 0.3) is 0 Å². The molecule has 134 valence electrons. The van der Waals surface area contributed by atoms with E-state index in [0.29, 0.717) is 29.8 Å². The molecule has 0 spiro atoms. The van der Waals surface area contributed by atoms with Crippen molar-refractivity contribution in [2.75, 3.05) is 18.4 Å². The van der Waals surface area contributed by atoms with E-state index >= 15 is 0 Å². The number of phenolic OH excluding ortho intramolecular Hbond substituents is 1. The number of anilines is 1. The number of nitrogens with zero attached hydrogens (tertiary/aromatic N) is 1. The average molecular weight is 353 g/mol. The summed E-state index contributed by atoms with van der Waals surface area (Å²) in [6, 6.07) is 11.0. The predicted molar refractivity (Wildman–Crippen MR) is 96.3 cm³/mol. The standard InChI is InChI=1S/C19H19N3O4/c1-12-11-13(23)7-8-16(12)21-19(26)20-9-4-10-22-17(24)14-5-2-3-6-15(14)18(22)25/h2-3,5-8,11,23H,4,9-10H2,1H3,(H2,20,21,26). The molecule has 7 heteroatoms. The first-order valence-corrected chi connectivity index (χ1v) is 8.27. The van der Waals surface area contributed by atoms with Crippen LogP contribution in [0.3, 0.4) is 0 Å². The van der Waals surface area contributed by atoms with E-state index in [9.17, 15) is 19.5 Å². The van der Waals surface area contributed by atoms with Crippen LogP contribution in [0, 0.1) is 6.92 Å². The zero-order valence-corrected chi connectivity index (χ0v) is 14.3. The third kappa shape index (κ3) is 3.51. The van der Waals surface area contributed by atoms with E-state index in [0.717, 1.165) is 5.56 Å². The first kappa shape index (κ1) is 17.5. The number of amides is 4. The number of aryl methyl sites for hydroxylation is 1. The molecule has 0 aliphatic carbocycles. The first-order valence-electron chi connectivity index (χ1n) is 8.27. The Morgan fingerprint density at radius 3 is 2.35 bits per heavy atom. The monoisotopic (exact) mass is 353 g/mol. The fraction of sp³-hybridized carbons (Fsp3) is 0.211. The van der Waals surface area contributed by atoms with Crippen molar-refractivity contribution < 1.29 is 19.5 Å². The number of carbonyl (C=O) groups is 3. The number of rotatable bonds is 5. The van der Waals surface area contributed by atoms with Gasteiger partial charge in [-0.1, -0.05) is 12.1 Å². The van der Waals surface area contributed by atoms with Crippen molar-refractivity contribution in [3.63, 3.8) is 0 Å². The smallest absolute Gasteiger partial charge is 0.319 e. The van der Waals surface area contributed by atoms with Gasteiger partial charge >= 0.3 is 6.03 Å². The predicted octanol–water partition coefficient (Wildman–Crippen LogP) is 2.51. The van der Waals surface area contributed by atoms with Crippen LogP contribution in [0.4, 0.5) is 10.5 Å². The average Bonchev–Trinajstić information content (AvgIpc) is 2.86. The Morgan fingerprint density at radius 2 is 1.73 bits per heavy atom. The highest BCUT2D eigenvalue weighted by molar-refractivity contribution is 6.21. The van der Waals surface area contributed by atoms with Crippen LogP contribution >= 0.6 is 0 Å². The zero-order chi connectivity index (χ0) is 18.7. The lowest BCUT2D eigenvalue weighted by Crippen LogP contribution is -2.35. The molecule has 0 fully saturated rings. The Balaban J connectivity index is 1.47. The van der Waals surface area contributed by atoms with Crippen molar-refractivity contribution in [2.24, 2.45) is 0 Å². The minimum absolute atomic E-state index is 0.134. The molecular formula is C19H19N3O4. The van der Waals surface area contributed by atoms with Crippen LogP contribution in [-0.2, 0) is 0 Å². The van der Waals surface area contributed by atoms with Crippen LogP contribution in [0.1, 0.15) is 32.7 Å². The quantitative estimate of drug-likeness (QED) is 0.437. The fourth-order valence-electron chi connectivity index (χ4n) is 2.84. The van der Waals surface area contributed by atoms with Crippen molar-refractivity contribution in [1.29, 1.82) is 0 Å². The molecule has 0 saturated heterocycles. The van der Waals surface area contributed by atoms with Gasteiger partial charge in [0.1, 0.15) is 5.75 Å². The molecule has 0 saturated carbocycles. The van der Waals surface area contributed by atoms with E-state index in [1.165, 1.54) is 11.0 Å². The fourth-order valence-corrected chi connectivity index (χ4v) is 2.84. The number of fused-ring (bicyclic) bond motifs is 1. The van der Waals surface area contributed by atoms with E-state index < -0.39 is 0 Å². The number of aromatic hydroxyl groups is 1. The summed E-state index contributed by atoms with van der Waals surface area (Å²) in [6.45, 7) is 2.33. The first-order chi connectivity index (χ1) is 12.5. The SMILES string of the molecule is Cc1cc(O)ccc1NC(=O)NCCCN1C(=O)c2ccccc2C1=O. The van der Waals surface area contributed by atoms with E-state index in [2.05, 4.69) is 10.6 Å². The highest BCUT2D eigenvalue weighted by Crippen LogP contribution is 2.22. The largest absolute Gasteiger partial charge is 0.508 e. The summed E-state index contributed by atoms with van der Waals surface area (Å²) >= 11 is 0. The van der Waals surface area contributed by atoms with Gasteiger partial charge in [0, 0.05) is 18.8 Å². The summed E-state index contributed by atoms with van der Waals surface area (Å²) in [7, 11) is 0. The Labute approximate surface area is 150 Å². The second-order valence-electron chi connectivity index (χ2n) is 6.04. The second-order valence-corrected chi connectivity index (χ2v) is 6.04. The molecule has 0 atom stereocenters. The normalized spacial score (nSPS) is 12.9. The van der Waals surface area contributed by atoms with Gasteiger partial charge in [-0.15, -0.1) is 0 Å². The Hall–Kier alpha value is -3.35. The number of phenols is 1. The van der Waals surface area contributed by atoms with Gasteiger partial charge in [-0.3, -0.25) is 14.5 Å². The van der Waals surface area contributed by atoms with E-state index in [1.54, 1.807) is 43.3 Å². The molecular weight excluding hydrogens is 334 g/mol. The molecule has 0 radical (unpaired) electrons. The van der Waals surface area contributed by atoms with Crippen LogP contribution in [-0.4, -0.2) is 40.9 Å². The summed E-state index contributed by atoms with van der Waals surface area (Å²) in [6.07, 6.45) is 0.452. The van der Waals surface area contributed by atoms with Crippen LogP contribution in [0.5, 0.6) is 5.75 Å². The van der Waals surface area contributed by atoms with Crippen molar-refractivity contribution in [2.45, 2.75) is 13.3 Å². The van der Waals surface area contributed by atoms with Crippen LogP contribution in [0.15, 0.2) is 42.5 Å². The maximum Gasteiger partial charge on any atom is 0.319 e. The molecule has 2 aromatic rings. The lowest BCUT2D eigenvalue weighted by atomic mass is 10.1. The minimum Gasteiger partial charge on any atom is -0.508 e. The van der Waals surface area contributed by atoms with Gasteiger partial charge in [0.25, 0.3) is 11.8 Å². The molecule has 0 aromatic heterocycles. The van der Waals surface area contributed by atoms with E-state index in [4.69, 9.17) is 0 Å². The summed E-state index contributed by atoms with van der Waals surface area (Å²) in [5.41, 5.74) is 2.18. The topological polar surface area (TPSA) is 98.7 Å². The molecule has 1 aliphatic rings. The molecule has 1 aliphatic heterocycles. The molecule has 1 heterocycles. The number of nitrogens with one attached hydrogen (secondary N) is 2. The molecule has 2 aromatic carbocycles. The molecule has 7 nitrogen and oxygen atoms in total. The maximum absolute atomic E-state index is 12.2. The van der Waals surface area contributed by atoms with Gasteiger partial charge < -0.3 is 15.7 Å². The number of hydrogen-bond acceptors (Lipinski definition) is 4. The summed E-state index contributed by atoms with van der Waals surface area (Å²) in [5.74, 6) is -0.459. The van der Waals surface area contributed by atoms with Gasteiger partial charge in [-0.2, -0.15) is 0 Å².